The van der Waals surface area contributed by atoms with Gasteiger partial charge in [0.05, 0.1) is 0 Å². The van der Waals surface area contributed by atoms with Gasteiger partial charge in [0.15, 0.2) is 0 Å². The molecule has 3 amide bonds. The fourth-order valence-corrected chi connectivity index (χ4v) is 0.799. The van der Waals surface area contributed by atoms with E-state index < -0.39 is 17.3 Å². The normalized spacial score (nSPS) is 14.5. The number of rotatable bonds is 4. The van der Waals surface area contributed by atoms with Crippen molar-refractivity contribution < 1.29 is 9.59 Å². The molecule has 2 N–H and O–H groups in total. The maximum atomic E-state index is 11.2. The van der Waals surface area contributed by atoms with Crippen molar-refractivity contribution in [1.82, 2.24) is 10.6 Å². The second kappa shape index (κ2) is 6.67. The van der Waals surface area contributed by atoms with E-state index in [0.717, 1.165) is 0 Å². The highest BCUT2D eigenvalue weighted by Crippen LogP contribution is 2.07. The van der Waals surface area contributed by atoms with Crippen LogP contribution in [0.15, 0.2) is 0 Å². The smallest absolute Gasteiger partial charge is 0.321 e. The first-order valence-corrected chi connectivity index (χ1v) is 5.51. The molecule has 0 aromatic rings. The highest BCUT2D eigenvalue weighted by molar-refractivity contribution is 6.31. The number of amides is 3. The second-order valence-electron chi connectivity index (χ2n) is 4.04. The van der Waals surface area contributed by atoms with Gasteiger partial charge in [0.25, 0.3) is 0 Å². The van der Waals surface area contributed by atoms with Gasteiger partial charge in [-0.1, -0.05) is 20.8 Å². The third-order valence-electron chi connectivity index (χ3n) is 2.32. The van der Waals surface area contributed by atoms with Crippen molar-refractivity contribution in [3.63, 3.8) is 0 Å². The molecule has 0 aromatic heterocycles. The fourth-order valence-electron chi connectivity index (χ4n) is 0.745. The molecule has 0 aliphatic rings. The van der Waals surface area contributed by atoms with E-state index >= 15 is 0 Å². The molecule has 0 saturated heterocycles. The summed E-state index contributed by atoms with van der Waals surface area (Å²) < 4.78 is 0. The van der Waals surface area contributed by atoms with Crippen molar-refractivity contribution in [2.75, 3.05) is 6.54 Å². The molecule has 88 valence electrons. The maximum Gasteiger partial charge on any atom is 0.321 e. The summed E-state index contributed by atoms with van der Waals surface area (Å²) in [6, 6.07) is -0.486. The molecule has 2 unspecified atom stereocenters. The van der Waals surface area contributed by atoms with Crippen LogP contribution in [0.2, 0.25) is 0 Å². The van der Waals surface area contributed by atoms with E-state index in [2.05, 4.69) is 24.5 Å². The summed E-state index contributed by atoms with van der Waals surface area (Å²) >= 11 is 5.49. The first kappa shape index (κ1) is 14.2. The highest BCUT2D eigenvalue weighted by Gasteiger charge is 2.14. The molecule has 5 heteroatoms. The molecule has 0 aliphatic carbocycles. The predicted octanol–water partition coefficient (Wildman–Crippen LogP) is 1.73. The SMILES string of the molecule is CC(Cl)C(=O)NC(=O)NCC(C)C(C)C. The number of hydrogen-bond donors (Lipinski definition) is 2. The number of carbonyl (C=O) groups is 2. The average molecular weight is 235 g/mol. The quantitative estimate of drug-likeness (QED) is 0.728. The number of nitrogens with one attached hydrogen (secondary N) is 2. The molecule has 0 saturated carbocycles. The van der Waals surface area contributed by atoms with Crippen molar-refractivity contribution in [3.05, 3.63) is 0 Å². The molecule has 15 heavy (non-hydrogen) atoms. The Hall–Kier alpha value is -0.770. The van der Waals surface area contributed by atoms with Crippen LogP contribution in [-0.4, -0.2) is 23.9 Å². The van der Waals surface area contributed by atoms with Gasteiger partial charge in [-0.05, 0) is 18.8 Å². The van der Waals surface area contributed by atoms with Gasteiger partial charge >= 0.3 is 6.03 Å². The Balaban J connectivity index is 3.81. The van der Waals surface area contributed by atoms with Gasteiger partial charge < -0.3 is 5.32 Å². The van der Waals surface area contributed by atoms with Crippen LogP contribution in [0, 0.1) is 11.8 Å². The standard InChI is InChI=1S/C10H19ClN2O2/c1-6(2)7(3)5-12-10(15)13-9(14)8(4)11/h6-8H,5H2,1-4H3,(H2,12,13,14,15). The van der Waals surface area contributed by atoms with E-state index in [4.69, 9.17) is 11.6 Å². The summed E-state index contributed by atoms with van der Waals surface area (Å²) in [7, 11) is 0. The van der Waals surface area contributed by atoms with Gasteiger partial charge in [-0.3, -0.25) is 10.1 Å². The zero-order valence-corrected chi connectivity index (χ0v) is 10.4. The summed E-state index contributed by atoms with van der Waals surface area (Å²) in [5.41, 5.74) is 0. The third kappa shape index (κ3) is 6.33. The minimum atomic E-state index is -0.696. The van der Waals surface area contributed by atoms with Gasteiger partial charge in [-0.15, -0.1) is 11.6 Å². The van der Waals surface area contributed by atoms with Gasteiger partial charge in [0.1, 0.15) is 5.38 Å². The summed E-state index contributed by atoms with van der Waals surface area (Å²) in [5.74, 6) is 0.388. The van der Waals surface area contributed by atoms with Crippen LogP contribution in [0.1, 0.15) is 27.7 Å². The Morgan fingerprint density at radius 2 is 1.73 bits per heavy atom. The Bertz CT molecular complexity index is 229. The molecule has 0 bridgehead atoms. The topological polar surface area (TPSA) is 58.2 Å². The van der Waals surface area contributed by atoms with Crippen molar-refractivity contribution in [1.29, 1.82) is 0 Å². The number of halogens is 1. The van der Waals surface area contributed by atoms with Gasteiger partial charge in [0.2, 0.25) is 5.91 Å². The van der Waals surface area contributed by atoms with E-state index in [9.17, 15) is 9.59 Å². The number of carbonyl (C=O) groups excluding carboxylic acids is 2. The summed E-state index contributed by atoms with van der Waals surface area (Å²) in [5, 5.41) is 4.08. The molecule has 2 atom stereocenters. The zero-order valence-electron chi connectivity index (χ0n) is 9.63. The molecule has 0 spiro atoms. The van der Waals surface area contributed by atoms with Crippen molar-refractivity contribution >= 4 is 23.5 Å². The monoisotopic (exact) mass is 234 g/mol. The summed E-state index contributed by atoms with van der Waals surface area (Å²) in [6.45, 7) is 8.26. The van der Waals surface area contributed by atoms with Gasteiger partial charge in [-0.2, -0.15) is 0 Å². The van der Waals surface area contributed by atoms with Crippen molar-refractivity contribution in [2.24, 2.45) is 11.8 Å². The first-order chi connectivity index (χ1) is 6.84. The van der Waals surface area contributed by atoms with E-state index in [1.165, 1.54) is 6.92 Å². The van der Waals surface area contributed by atoms with E-state index in [1.54, 1.807) is 0 Å². The predicted molar refractivity (Wildman–Crippen MR) is 60.9 cm³/mol. The number of imide groups is 1. The largest absolute Gasteiger partial charge is 0.338 e. The lowest BCUT2D eigenvalue weighted by atomic mass is 9.98. The summed E-state index contributed by atoms with van der Waals surface area (Å²) in [4.78, 5) is 22.2. The average Bonchev–Trinajstić information content (AvgIpc) is 2.13. The first-order valence-electron chi connectivity index (χ1n) is 5.07. The minimum Gasteiger partial charge on any atom is -0.338 e. The number of urea groups is 1. The Morgan fingerprint density at radius 1 is 1.20 bits per heavy atom. The molecular weight excluding hydrogens is 216 g/mol. The Kier molecular flexibility index (Phi) is 6.32. The van der Waals surface area contributed by atoms with Crippen LogP contribution < -0.4 is 10.6 Å². The number of alkyl halides is 1. The van der Waals surface area contributed by atoms with Crippen LogP contribution in [0.25, 0.3) is 0 Å². The highest BCUT2D eigenvalue weighted by atomic mass is 35.5. The molecule has 0 aliphatic heterocycles. The summed E-state index contributed by atoms with van der Waals surface area (Å²) in [6.07, 6.45) is 0. The molecule has 0 aromatic carbocycles. The third-order valence-corrected chi connectivity index (χ3v) is 2.52. The van der Waals surface area contributed by atoms with Crippen LogP contribution in [0.4, 0.5) is 4.79 Å². The molecule has 0 rings (SSSR count). The molecule has 0 radical (unpaired) electrons. The molecule has 0 heterocycles. The van der Waals surface area contributed by atoms with Crippen LogP contribution in [0.3, 0.4) is 0 Å². The zero-order chi connectivity index (χ0) is 12.0. The molecular formula is C10H19ClN2O2. The lowest BCUT2D eigenvalue weighted by molar-refractivity contribution is -0.119. The van der Waals surface area contributed by atoms with E-state index in [0.29, 0.717) is 18.4 Å². The molecule has 4 nitrogen and oxygen atoms in total. The molecule has 0 fully saturated rings. The van der Waals surface area contributed by atoms with E-state index in [1.807, 2.05) is 6.92 Å². The van der Waals surface area contributed by atoms with Gasteiger partial charge in [0, 0.05) is 6.54 Å². The maximum absolute atomic E-state index is 11.2. The number of hydrogen-bond acceptors (Lipinski definition) is 2. The van der Waals surface area contributed by atoms with Crippen LogP contribution in [0.5, 0.6) is 0 Å². The van der Waals surface area contributed by atoms with Crippen molar-refractivity contribution in [3.8, 4) is 0 Å². The lowest BCUT2D eigenvalue weighted by Gasteiger charge is -2.16. The van der Waals surface area contributed by atoms with Crippen LogP contribution in [-0.2, 0) is 4.79 Å². The Labute approximate surface area is 95.7 Å². The lowest BCUT2D eigenvalue weighted by Crippen LogP contribution is -2.43. The van der Waals surface area contributed by atoms with Crippen molar-refractivity contribution in [2.45, 2.75) is 33.1 Å². The van der Waals surface area contributed by atoms with E-state index in [-0.39, 0.29) is 0 Å². The minimum absolute atomic E-state index is 0.374. The second-order valence-corrected chi connectivity index (χ2v) is 4.69. The Morgan fingerprint density at radius 3 is 2.13 bits per heavy atom. The van der Waals surface area contributed by atoms with Crippen LogP contribution >= 0.6 is 11.6 Å². The van der Waals surface area contributed by atoms with Gasteiger partial charge in [-0.25, -0.2) is 4.79 Å². The fraction of sp³-hybridized carbons (Fsp3) is 0.800.